The number of ether oxygens (including phenoxy) is 1. The van der Waals surface area contributed by atoms with Gasteiger partial charge in [-0.15, -0.1) is 36.2 Å². The highest BCUT2D eigenvalue weighted by atomic mass is 35.5. The van der Waals surface area contributed by atoms with Crippen molar-refractivity contribution in [3.05, 3.63) is 78.6 Å². The maximum absolute atomic E-state index is 5.77. The van der Waals surface area contributed by atoms with Crippen LogP contribution in [0, 0.1) is 0 Å². The van der Waals surface area contributed by atoms with Gasteiger partial charge < -0.3 is 9.72 Å². The van der Waals surface area contributed by atoms with E-state index in [1.165, 1.54) is 4.70 Å². The van der Waals surface area contributed by atoms with Crippen molar-refractivity contribution in [1.29, 1.82) is 0 Å². The third-order valence-electron chi connectivity index (χ3n) is 4.19. The zero-order valence-electron chi connectivity index (χ0n) is 14.7. The molecule has 0 fully saturated rings. The lowest BCUT2D eigenvalue weighted by atomic mass is 10.2. The summed E-state index contributed by atoms with van der Waals surface area (Å²) in [7, 11) is 0. The number of fused-ring (bicyclic) bond motifs is 2. The molecule has 0 spiro atoms. The van der Waals surface area contributed by atoms with E-state index in [-0.39, 0.29) is 24.8 Å². The molecular weight excluding hydrogens is 413 g/mol. The van der Waals surface area contributed by atoms with E-state index in [0.29, 0.717) is 6.61 Å². The average Bonchev–Trinajstić information content (AvgIpc) is 3.30. The van der Waals surface area contributed by atoms with E-state index >= 15 is 0 Å². The van der Waals surface area contributed by atoms with E-state index < -0.39 is 0 Å². The second-order valence-electron chi connectivity index (χ2n) is 6.00. The summed E-state index contributed by atoms with van der Waals surface area (Å²) in [4.78, 5) is 12.7. The molecule has 0 radical (unpaired) electrons. The quantitative estimate of drug-likeness (QED) is 0.366. The zero-order chi connectivity index (χ0) is 17.3. The number of aromatic nitrogens is 3. The minimum Gasteiger partial charge on any atom is -0.486 e. The summed E-state index contributed by atoms with van der Waals surface area (Å²) in [6.07, 6.45) is 0. The van der Waals surface area contributed by atoms with Gasteiger partial charge in [-0.25, -0.2) is 9.97 Å². The van der Waals surface area contributed by atoms with Crippen LogP contribution in [0.2, 0.25) is 0 Å². The highest BCUT2D eigenvalue weighted by molar-refractivity contribution is 7.21. The first-order valence-electron chi connectivity index (χ1n) is 8.38. The van der Waals surface area contributed by atoms with Gasteiger partial charge in [0.2, 0.25) is 0 Å². The molecule has 28 heavy (non-hydrogen) atoms. The van der Waals surface area contributed by atoms with Crippen molar-refractivity contribution in [1.82, 2.24) is 15.0 Å². The Labute approximate surface area is 178 Å². The first-order chi connectivity index (χ1) is 12.8. The Balaban J connectivity index is 0.00000112. The van der Waals surface area contributed by atoms with Gasteiger partial charge in [-0.1, -0.05) is 30.3 Å². The van der Waals surface area contributed by atoms with Crippen LogP contribution in [0.1, 0.15) is 5.82 Å². The molecule has 2 heterocycles. The van der Waals surface area contributed by atoms with Gasteiger partial charge in [0.05, 0.1) is 21.3 Å². The van der Waals surface area contributed by atoms with Gasteiger partial charge >= 0.3 is 0 Å². The number of rotatable bonds is 4. The number of hydrogen-bond acceptors (Lipinski definition) is 4. The van der Waals surface area contributed by atoms with Crippen LogP contribution in [0.3, 0.4) is 0 Å². The topological polar surface area (TPSA) is 50.8 Å². The normalized spacial score (nSPS) is 10.4. The smallest absolute Gasteiger partial charge is 0.146 e. The van der Waals surface area contributed by atoms with Gasteiger partial charge in [-0.05, 0) is 42.5 Å². The molecule has 0 bridgehead atoms. The number of benzene rings is 3. The molecule has 7 heteroatoms. The van der Waals surface area contributed by atoms with Gasteiger partial charge in [0.25, 0.3) is 0 Å². The predicted molar refractivity (Wildman–Crippen MR) is 120 cm³/mol. The Morgan fingerprint density at radius 1 is 0.821 bits per heavy atom. The molecule has 0 saturated heterocycles. The molecular formula is C21H17Cl2N3OS. The number of imidazole rings is 1. The number of hydrogen-bond donors (Lipinski definition) is 1. The van der Waals surface area contributed by atoms with Gasteiger partial charge in [0.15, 0.2) is 0 Å². The molecule has 0 unspecified atom stereocenters. The fourth-order valence-electron chi connectivity index (χ4n) is 2.93. The highest BCUT2D eigenvalue weighted by Crippen LogP contribution is 2.31. The van der Waals surface area contributed by atoms with Crippen LogP contribution < -0.4 is 4.74 Å². The van der Waals surface area contributed by atoms with Crippen molar-refractivity contribution < 1.29 is 4.74 Å². The Morgan fingerprint density at radius 3 is 2.43 bits per heavy atom. The number of aromatic amines is 1. The molecule has 0 atom stereocenters. The van der Waals surface area contributed by atoms with Gasteiger partial charge in [0, 0.05) is 5.56 Å². The number of nitrogens with zero attached hydrogens (tertiary/aromatic N) is 2. The molecule has 1 N–H and O–H groups in total. The summed E-state index contributed by atoms with van der Waals surface area (Å²) in [6, 6.07) is 24.2. The van der Waals surface area contributed by atoms with Crippen molar-refractivity contribution in [2.45, 2.75) is 6.61 Å². The minimum absolute atomic E-state index is 0. The second-order valence-corrected chi connectivity index (χ2v) is 7.03. The van der Waals surface area contributed by atoms with Crippen LogP contribution in [0.25, 0.3) is 31.8 Å². The lowest BCUT2D eigenvalue weighted by molar-refractivity contribution is 0.297. The lowest BCUT2D eigenvalue weighted by Gasteiger charge is -2.02. The summed E-state index contributed by atoms with van der Waals surface area (Å²) >= 11 is 1.70. The van der Waals surface area contributed by atoms with Crippen LogP contribution in [0.4, 0.5) is 0 Å². The summed E-state index contributed by atoms with van der Waals surface area (Å²) in [5.41, 5.74) is 4.06. The Hall–Kier alpha value is -2.60. The third kappa shape index (κ3) is 3.97. The summed E-state index contributed by atoms with van der Waals surface area (Å²) in [5, 5.41) is 1.02. The first-order valence-corrected chi connectivity index (χ1v) is 9.19. The number of H-pyrrole nitrogens is 1. The fraction of sp³-hybridized carbons (Fsp3) is 0.0476. The standard InChI is InChI=1S/C21H15N3OS.2ClH/c1-2-6-15(7-3-1)25-13-20-22-16-11-10-14(12-18(16)23-20)21-24-17-8-4-5-9-19(17)26-21;;/h1-12H,13H2,(H,22,23);2*1H. The summed E-state index contributed by atoms with van der Waals surface area (Å²) in [6.45, 7) is 0.412. The van der Waals surface area contributed by atoms with Gasteiger partial charge in [-0.3, -0.25) is 0 Å². The van der Waals surface area contributed by atoms with E-state index in [4.69, 9.17) is 9.72 Å². The maximum Gasteiger partial charge on any atom is 0.146 e. The van der Waals surface area contributed by atoms with Crippen molar-refractivity contribution in [2.24, 2.45) is 0 Å². The van der Waals surface area contributed by atoms with E-state index in [1.54, 1.807) is 11.3 Å². The molecule has 0 aliphatic heterocycles. The Bertz CT molecular complexity index is 1170. The summed E-state index contributed by atoms with van der Waals surface area (Å²) < 4.78 is 6.97. The van der Waals surface area contributed by atoms with Crippen molar-refractivity contribution in [3.8, 4) is 16.3 Å². The fourth-order valence-corrected chi connectivity index (χ4v) is 3.89. The molecule has 0 saturated carbocycles. The van der Waals surface area contributed by atoms with E-state index in [9.17, 15) is 0 Å². The number of nitrogens with one attached hydrogen (secondary N) is 1. The van der Waals surface area contributed by atoms with Crippen LogP contribution in [0.5, 0.6) is 5.75 Å². The molecule has 5 aromatic rings. The molecule has 5 rings (SSSR count). The second kappa shape index (κ2) is 8.61. The monoisotopic (exact) mass is 429 g/mol. The maximum atomic E-state index is 5.77. The van der Waals surface area contributed by atoms with Crippen molar-refractivity contribution in [3.63, 3.8) is 0 Å². The molecule has 0 aliphatic carbocycles. The molecule has 0 aliphatic rings. The van der Waals surface area contributed by atoms with Crippen molar-refractivity contribution >= 4 is 57.4 Å². The SMILES string of the molecule is Cl.Cl.c1ccc(OCc2nc3ccc(-c4nc5ccccc5s4)cc3[nH]2)cc1. The van der Waals surface area contributed by atoms with Crippen molar-refractivity contribution in [2.75, 3.05) is 0 Å². The predicted octanol–water partition coefficient (Wildman–Crippen LogP) is 6.26. The highest BCUT2D eigenvalue weighted by Gasteiger charge is 2.09. The third-order valence-corrected chi connectivity index (χ3v) is 5.28. The van der Waals surface area contributed by atoms with Crippen LogP contribution >= 0.6 is 36.2 Å². The summed E-state index contributed by atoms with van der Waals surface area (Å²) in [5.74, 6) is 1.65. The zero-order valence-corrected chi connectivity index (χ0v) is 17.1. The van der Waals surface area contributed by atoms with E-state index in [2.05, 4.69) is 28.2 Å². The Kier molecular flexibility index (Phi) is 6.19. The van der Waals surface area contributed by atoms with E-state index in [0.717, 1.165) is 38.7 Å². The largest absolute Gasteiger partial charge is 0.486 e. The van der Waals surface area contributed by atoms with Crippen LogP contribution in [0.15, 0.2) is 72.8 Å². The number of halogens is 2. The van der Waals surface area contributed by atoms with Gasteiger partial charge in [-0.2, -0.15) is 0 Å². The van der Waals surface area contributed by atoms with Crippen LogP contribution in [-0.2, 0) is 6.61 Å². The molecule has 0 amide bonds. The average molecular weight is 430 g/mol. The molecule has 4 nitrogen and oxygen atoms in total. The lowest BCUT2D eigenvalue weighted by Crippen LogP contribution is -1.96. The molecule has 3 aromatic carbocycles. The number of thiazole rings is 1. The van der Waals surface area contributed by atoms with E-state index in [1.807, 2.05) is 54.6 Å². The molecule has 2 aromatic heterocycles. The van der Waals surface area contributed by atoms with Crippen LogP contribution in [-0.4, -0.2) is 15.0 Å². The molecule has 142 valence electrons. The van der Waals surface area contributed by atoms with Gasteiger partial charge in [0.1, 0.15) is 23.2 Å². The number of para-hydroxylation sites is 2. The Morgan fingerprint density at radius 2 is 1.61 bits per heavy atom. The minimum atomic E-state index is 0. The first kappa shape index (κ1) is 20.1.